The van der Waals surface area contributed by atoms with Gasteiger partial charge in [-0.15, -0.1) is 0 Å². The van der Waals surface area contributed by atoms with Crippen molar-refractivity contribution in [2.75, 3.05) is 13.1 Å². The van der Waals surface area contributed by atoms with E-state index >= 15 is 0 Å². The molecule has 0 amide bonds. The zero-order chi connectivity index (χ0) is 16.9. The van der Waals surface area contributed by atoms with Crippen LogP contribution in [0.3, 0.4) is 0 Å². The van der Waals surface area contributed by atoms with E-state index in [0.717, 1.165) is 0 Å². The Balaban J connectivity index is 1.46. The van der Waals surface area contributed by atoms with Crippen molar-refractivity contribution in [2.45, 2.75) is 38.1 Å². The molecule has 0 spiro atoms. The third kappa shape index (κ3) is 4.11. The van der Waals surface area contributed by atoms with Gasteiger partial charge in [0.15, 0.2) is 0 Å². The lowest BCUT2D eigenvalue weighted by Gasteiger charge is -2.42. The summed E-state index contributed by atoms with van der Waals surface area (Å²) in [6.45, 7) is 2.59. The normalized spacial score (nSPS) is 23.0. The van der Waals surface area contributed by atoms with Crippen molar-refractivity contribution in [1.82, 2.24) is 4.90 Å². The minimum Gasteiger partial charge on any atom is -0.297 e. The zero-order valence-corrected chi connectivity index (χ0v) is 14.9. The van der Waals surface area contributed by atoms with E-state index in [-0.39, 0.29) is 0 Å². The number of benzene rings is 2. The summed E-state index contributed by atoms with van der Waals surface area (Å²) in [4.78, 5) is 2.67. The SMILES string of the molecule is C(=C\c1ccc(/C=C2\CCCCC2N2CCC2)cc1)/c1ccccc1. The monoisotopic (exact) mass is 329 g/mol. The van der Waals surface area contributed by atoms with Gasteiger partial charge in [-0.1, -0.05) is 84.8 Å². The van der Waals surface area contributed by atoms with Gasteiger partial charge in [-0.3, -0.25) is 4.90 Å². The molecule has 128 valence electrons. The average molecular weight is 329 g/mol. The predicted molar refractivity (Wildman–Crippen MR) is 108 cm³/mol. The Labute approximate surface area is 151 Å². The van der Waals surface area contributed by atoms with Crippen LogP contribution in [0, 0.1) is 0 Å². The second-order valence-corrected chi connectivity index (χ2v) is 7.28. The Morgan fingerprint density at radius 1 is 0.720 bits per heavy atom. The van der Waals surface area contributed by atoms with Crippen LogP contribution >= 0.6 is 0 Å². The molecule has 2 fully saturated rings. The minimum absolute atomic E-state index is 0.708. The predicted octanol–water partition coefficient (Wildman–Crippen LogP) is 5.89. The largest absolute Gasteiger partial charge is 0.297 e. The molecule has 2 aromatic rings. The molecule has 1 saturated carbocycles. The molecule has 1 heteroatoms. The molecule has 1 atom stereocenters. The molecule has 1 unspecified atom stereocenters. The third-order valence-electron chi connectivity index (χ3n) is 5.51. The molecule has 1 aliphatic carbocycles. The Morgan fingerprint density at radius 3 is 2.08 bits per heavy atom. The Bertz CT molecular complexity index is 735. The van der Waals surface area contributed by atoms with Gasteiger partial charge in [-0.2, -0.15) is 0 Å². The van der Waals surface area contributed by atoms with E-state index in [0.29, 0.717) is 6.04 Å². The van der Waals surface area contributed by atoms with Crippen molar-refractivity contribution in [2.24, 2.45) is 0 Å². The molecule has 1 saturated heterocycles. The Morgan fingerprint density at radius 2 is 1.40 bits per heavy atom. The molecule has 0 N–H and O–H groups in total. The van der Waals surface area contributed by atoms with Crippen LogP contribution in [0.2, 0.25) is 0 Å². The Hall–Kier alpha value is -2.12. The van der Waals surface area contributed by atoms with Crippen LogP contribution in [0.15, 0.2) is 60.2 Å². The molecule has 2 aliphatic rings. The highest BCUT2D eigenvalue weighted by atomic mass is 15.2. The van der Waals surface area contributed by atoms with E-state index in [2.05, 4.69) is 77.7 Å². The molecule has 0 radical (unpaired) electrons. The van der Waals surface area contributed by atoms with E-state index in [1.807, 2.05) is 0 Å². The number of hydrogen-bond donors (Lipinski definition) is 0. The fraction of sp³-hybridized carbons (Fsp3) is 0.333. The molecule has 25 heavy (non-hydrogen) atoms. The topological polar surface area (TPSA) is 3.24 Å². The van der Waals surface area contributed by atoms with Crippen molar-refractivity contribution in [3.05, 3.63) is 76.9 Å². The molecule has 1 aliphatic heterocycles. The van der Waals surface area contributed by atoms with Crippen molar-refractivity contribution < 1.29 is 0 Å². The van der Waals surface area contributed by atoms with Gasteiger partial charge in [-0.25, -0.2) is 0 Å². The van der Waals surface area contributed by atoms with Gasteiger partial charge >= 0.3 is 0 Å². The maximum atomic E-state index is 2.67. The molecular formula is C24H27N. The standard InChI is InChI=1S/C24H27N/c1-2-7-20(8-3-1)11-12-21-13-15-22(16-14-21)19-23-9-4-5-10-24(23)25-17-6-18-25/h1-3,7-8,11-16,19,24H,4-6,9-10,17-18H2/b12-11+,23-19+. The van der Waals surface area contributed by atoms with E-state index in [9.17, 15) is 0 Å². The first-order valence-corrected chi connectivity index (χ1v) is 9.66. The number of rotatable bonds is 4. The summed E-state index contributed by atoms with van der Waals surface area (Å²) >= 11 is 0. The highest BCUT2D eigenvalue weighted by Crippen LogP contribution is 2.32. The Kier molecular flexibility index (Phi) is 5.13. The van der Waals surface area contributed by atoms with Crippen LogP contribution in [0.25, 0.3) is 18.2 Å². The lowest BCUT2D eigenvalue weighted by Crippen LogP contribution is -2.46. The average Bonchev–Trinajstić information content (AvgIpc) is 2.62. The van der Waals surface area contributed by atoms with E-state index in [1.54, 1.807) is 5.57 Å². The summed E-state index contributed by atoms with van der Waals surface area (Å²) in [6.07, 6.45) is 13.6. The van der Waals surface area contributed by atoms with Crippen molar-refractivity contribution >= 4 is 18.2 Å². The van der Waals surface area contributed by atoms with E-state index in [4.69, 9.17) is 0 Å². The zero-order valence-electron chi connectivity index (χ0n) is 14.9. The third-order valence-corrected chi connectivity index (χ3v) is 5.51. The summed E-state index contributed by atoms with van der Waals surface area (Å²) in [5.41, 5.74) is 5.50. The molecule has 0 aromatic heterocycles. The van der Waals surface area contributed by atoms with Gasteiger partial charge in [0.25, 0.3) is 0 Å². The van der Waals surface area contributed by atoms with Crippen LogP contribution in [0.4, 0.5) is 0 Å². The van der Waals surface area contributed by atoms with Crippen molar-refractivity contribution in [1.29, 1.82) is 0 Å². The first-order chi connectivity index (χ1) is 12.4. The van der Waals surface area contributed by atoms with Gasteiger partial charge in [0, 0.05) is 6.04 Å². The maximum absolute atomic E-state index is 2.67. The molecule has 0 bridgehead atoms. The van der Waals surface area contributed by atoms with Gasteiger partial charge < -0.3 is 0 Å². The first-order valence-electron chi connectivity index (χ1n) is 9.66. The number of likely N-dealkylation sites (tertiary alicyclic amines) is 1. The quantitative estimate of drug-likeness (QED) is 0.632. The second-order valence-electron chi connectivity index (χ2n) is 7.28. The maximum Gasteiger partial charge on any atom is 0.0310 e. The molecule has 4 rings (SSSR count). The van der Waals surface area contributed by atoms with Crippen LogP contribution in [0.5, 0.6) is 0 Å². The highest BCUT2D eigenvalue weighted by Gasteiger charge is 2.28. The van der Waals surface area contributed by atoms with E-state index < -0.39 is 0 Å². The minimum atomic E-state index is 0.708. The highest BCUT2D eigenvalue weighted by molar-refractivity contribution is 5.70. The van der Waals surface area contributed by atoms with Gasteiger partial charge in [0.1, 0.15) is 0 Å². The summed E-state index contributed by atoms with van der Waals surface area (Å²) in [7, 11) is 0. The molecule has 1 nitrogen and oxygen atoms in total. The lowest BCUT2D eigenvalue weighted by atomic mass is 9.86. The molecule has 1 heterocycles. The first kappa shape index (κ1) is 16.4. The van der Waals surface area contributed by atoms with Gasteiger partial charge in [0.05, 0.1) is 0 Å². The fourth-order valence-corrected chi connectivity index (χ4v) is 3.93. The summed E-state index contributed by atoms with van der Waals surface area (Å²) < 4.78 is 0. The second kappa shape index (κ2) is 7.84. The molecule has 2 aromatic carbocycles. The number of hydrogen-bond acceptors (Lipinski definition) is 1. The number of nitrogens with zero attached hydrogens (tertiary/aromatic N) is 1. The van der Waals surface area contributed by atoms with Crippen LogP contribution < -0.4 is 0 Å². The van der Waals surface area contributed by atoms with Gasteiger partial charge in [-0.05, 0) is 55.5 Å². The summed E-state index contributed by atoms with van der Waals surface area (Å²) in [5, 5.41) is 0. The lowest BCUT2D eigenvalue weighted by molar-refractivity contribution is 0.121. The van der Waals surface area contributed by atoms with Crippen LogP contribution in [-0.4, -0.2) is 24.0 Å². The van der Waals surface area contributed by atoms with Crippen molar-refractivity contribution in [3.63, 3.8) is 0 Å². The summed E-state index contributed by atoms with van der Waals surface area (Å²) in [6, 6.07) is 20.2. The molecular weight excluding hydrogens is 302 g/mol. The summed E-state index contributed by atoms with van der Waals surface area (Å²) in [5.74, 6) is 0. The van der Waals surface area contributed by atoms with E-state index in [1.165, 1.54) is 61.9 Å². The van der Waals surface area contributed by atoms with Crippen LogP contribution in [-0.2, 0) is 0 Å². The fourth-order valence-electron chi connectivity index (χ4n) is 3.93. The van der Waals surface area contributed by atoms with Gasteiger partial charge in [0.2, 0.25) is 0 Å². The van der Waals surface area contributed by atoms with Crippen LogP contribution in [0.1, 0.15) is 48.8 Å². The smallest absolute Gasteiger partial charge is 0.0310 e. The van der Waals surface area contributed by atoms with Crippen molar-refractivity contribution in [3.8, 4) is 0 Å².